The molecular formula is C15H12O3. The maximum Gasteiger partial charge on any atom is 0.337 e. The Morgan fingerprint density at radius 2 is 1.78 bits per heavy atom. The van der Waals surface area contributed by atoms with E-state index in [1.807, 2.05) is 18.2 Å². The SMILES string of the molecule is O=C(O)C(O)c1ccc2c(c1)Cc1ccccc1-2. The van der Waals surface area contributed by atoms with Crippen molar-refractivity contribution < 1.29 is 15.0 Å². The molecule has 0 spiro atoms. The predicted octanol–water partition coefficient (Wildman–Crippen LogP) is 2.38. The molecule has 0 fully saturated rings. The number of benzene rings is 2. The lowest BCUT2D eigenvalue weighted by Crippen LogP contribution is -2.10. The molecule has 3 rings (SSSR count). The molecule has 1 aliphatic rings. The van der Waals surface area contributed by atoms with Crippen molar-refractivity contribution in [3.8, 4) is 11.1 Å². The van der Waals surface area contributed by atoms with Gasteiger partial charge in [-0.05, 0) is 34.2 Å². The van der Waals surface area contributed by atoms with Crippen LogP contribution in [0.2, 0.25) is 0 Å². The van der Waals surface area contributed by atoms with Crippen LogP contribution in [-0.4, -0.2) is 16.2 Å². The van der Waals surface area contributed by atoms with E-state index in [0.717, 1.165) is 17.5 Å². The van der Waals surface area contributed by atoms with Crippen molar-refractivity contribution in [1.29, 1.82) is 0 Å². The number of hydrogen-bond acceptors (Lipinski definition) is 2. The lowest BCUT2D eigenvalue weighted by molar-refractivity contribution is -0.146. The number of carbonyl (C=O) groups is 1. The van der Waals surface area contributed by atoms with E-state index in [4.69, 9.17) is 5.11 Å². The average Bonchev–Trinajstić information content (AvgIpc) is 2.75. The molecule has 0 amide bonds. The van der Waals surface area contributed by atoms with Crippen LogP contribution < -0.4 is 0 Å². The number of rotatable bonds is 2. The highest BCUT2D eigenvalue weighted by atomic mass is 16.4. The van der Waals surface area contributed by atoms with E-state index in [-0.39, 0.29) is 0 Å². The van der Waals surface area contributed by atoms with Gasteiger partial charge in [0.25, 0.3) is 0 Å². The van der Waals surface area contributed by atoms with Crippen LogP contribution in [0.1, 0.15) is 22.8 Å². The van der Waals surface area contributed by atoms with E-state index in [9.17, 15) is 9.90 Å². The highest BCUT2D eigenvalue weighted by molar-refractivity contribution is 5.79. The number of fused-ring (bicyclic) bond motifs is 3. The molecule has 90 valence electrons. The second-order valence-corrected chi connectivity index (χ2v) is 4.49. The summed E-state index contributed by atoms with van der Waals surface area (Å²) in [7, 11) is 0. The Kier molecular flexibility index (Phi) is 2.42. The predicted molar refractivity (Wildman–Crippen MR) is 67.3 cm³/mol. The summed E-state index contributed by atoms with van der Waals surface area (Å²) in [5, 5.41) is 18.4. The topological polar surface area (TPSA) is 57.5 Å². The normalized spacial score (nSPS) is 13.8. The fraction of sp³-hybridized carbons (Fsp3) is 0.133. The molecule has 0 heterocycles. The summed E-state index contributed by atoms with van der Waals surface area (Å²) in [5.74, 6) is -1.22. The third-order valence-corrected chi connectivity index (χ3v) is 3.37. The lowest BCUT2D eigenvalue weighted by atomic mass is 10.0. The summed E-state index contributed by atoms with van der Waals surface area (Å²) in [5.41, 5.74) is 5.09. The van der Waals surface area contributed by atoms with E-state index in [2.05, 4.69) is 12.1 Å². The van der Waals surface area contributed by atoms with E-state index in [1.54, 1.807) is 12.1 Å². The summed E-state index contributed by atoms with van der Waals surface area (Å²) < 4.78 is 0. The van der Waals surface area contributed by atoms with Gasteiger partial charge >= 0.3 is 5.97 Å². The van der Waals surface area contributed by atoms with Crippen molar-refractivity contribution in [1.82, 2.24) is 0 Å². The van der Waals surface area contributed by atoms with E-state index in [1.165, 1.54) is 11.1 Å². The standard InChI is InChI=1S/C15H12O3/c16-14(15(17)18)10-5-6-13-11(8-10)7-9-3-1-2-4-12(9)13/h1-6,8,14,16H,7H2,(H,17,18). The smallest absolute Gasteiger partial charge is 0.337 e. The summed E-state index contributed by atoms with van der Waals surface area (Å²) in [6.07, 6.45) is -0.648. The Balaban J connectivity index is 2.06. The van der Waals surface area contributed by atoms with Crippen molar-refractivity contribution in [3.05, 3.63) is 59.2 Å². The molecule has 0 saturated heterocycles. The van der Waals surface area contributed by atoms with Crippen LogP contribution in [0, 0.1) is 0 Å². The first-order valence-electron chi connectivity index (χ1n) is 5.79. The molecule has 18 heavy (non-hydrogen) atoms. The first-order chi connectivity index (χ1) is 8.66. The van der Waals surface area contributed by atoms with Gasteiger partial charge in [-0.1, -0.05) is 42.5 Å². The zero-order valence-electron chi connectivity index (χ0n) is 9.63. The zero-order chi connectivity index (χ0) is 12.7. The van der Waals surface area contributed by atoms with Gasteiger partial charge in [-0.3, -0.25) is 0 Å². The Morgan fingerprint density at radius 1 is 1.06 bits per heavy atom. The molecule has 2 aromatic rings. The van der Waals surface area contributed by atoms with E-state index >= 15 is 0 Å². The van der Waals surface area contributed by atoms with Crippen LogP contribution >= 0.6 is 0 Å². The molecule has 0 aromatic heterocycles. The molecule has 1 atom stereocenters. The van der Waals surface area contributed by atoms with Crippen LogP contribution in [0.25, 0.3) is 11.1 Å². The summed E-state index contributed by atoms with van der Waals surface area (Å²) in [6, 6.07) is 13.5. The number of aliphatic hydroxyl groups excluding tert-OH is 1. The van der Waals surface area contributed by atoms with Crippen LogP contribution in [-0.2, 0) is 11.2 Å². The Hall–Kier alpha value is -2.13. The van der Waals surface area contributed by atoms with Crippen LogP contribution in [0.15, 0.2) is 42.5 Å². The van der Waals surface area contributed by atoms with Gasteiger partial charge in [-0.15, -0.1) is 0 Å². The third kappa shape index (κ3) is 1.60. The van der Waals surface area contributed by atoms with Gasteiger partial charge in [0.1, 0.15) is 0 Å². The highest BCUT2D eigenvalue weighted by Crippen LogP contribution is 2.37. The highest BCUT2D eigenvalue weighted by Gasteiger charge is 2.21. The zero-order valence-corrected chi connectivity index (χ0v) is 9.63. The van der Waals surface area contributed by atoms with Crippen molar-refractivity contribution in [2.24, 2.45) is 0 Å². The van der Waals surface area contributed by atoms with Gasteiger partial charge in [0, 0.05) is 0 Å². The van der Waals surface area contributed by atoms with Gasteiger partial charge < -0.3 is 10.2 Å². The van der Waals surface area contributed by atoms with Crippen molar-refractivity contribution in [2.75, 3.05) is 0 Å². The number of aliphatic hydroxyl groups is 1. The van der Waals surface area contributed by atoms with Crippen molar-refractivity contribution >= 4 is 5.97 Å². The van der Waals surface area contributed by atoms with Crippen molar-refractivity contribution in [3.63, 3.8) is 0 Å². The van der Waals surface area contributed by atoms with Crippen LogP contribution in [0.3, 0.4) is 0 Å². The molecule has 3 heteroatoms. The first kappa shape index (κ1) is 11.0. The average molecular weight is 240 g/mol. The fourth-order valence-corrected chi connectivity index (χ4v) is 2.48. The quantitative estimate of drug-likeness (QED) is 0.723. The minimum absolute atomic E-state index is 0.439. The first-order valence-corrected chi connectivity index (χ1v) is 5.79. The Morgan fingerprint density at radius 3 is 2.56 bits per heavy atom. The Labute approximate surface area is 104 Å². The molecule has 3 nitrogen and oxygen atoms in total. The molecule has 2 aromatic carbocycles. The van der Waals surface area contributed by atoms with Crippen molar-refractivity contribution in [2.45, 2.75) is 12.5 Å². The molecule has 2 N–H and O–H groups in total. The maximum absolute atomic E-state index is 10.8. The monoisotopic (exact) mass is 240 g/mol. The number of hydrogen-bond donors (Lipinski definition) is 2. The largest absolute Gasteiger partial charge is 0.479 e. The van der Waals surface area contributed by atoms with E-state index in [0.29, 0.717) is 5.56 Å². The van der Waals surface area contributed by atoms with Crippen LogP contribution in [0.5, 0.6) is 0 Å². The molecule has 0 saturated carbocycles. The summed E-state index contributed by atoms with van der Waals surface area (Å²) >= 11 is 0. The van der Waals surface area contributed by atoms with Gasteiger partial charge in [-0.25, -0.2) is 4.79 Å². The van der Waals surface area contributed by atoms with Gasteiger partial charge in [0.15, 0.2) is 6.10 Å². The second-order valence-electron chi connectivity index (χ2n) is 4.49. The lowest BCUT2D eigenvalue weighted by Gasteiger charge is -2.08. The minimum atomic E-state index is -1.45. The fourth-order valence-electron chi connectivity index (χ4n) is 2.48. The minimum Gasteiger partial charge on any atom is -0.479 e. The third-order valence-electron chi connectivity index (χ3n) is 3.37. The summed E-state index contributed by atoms with van der Waals surface area (Å²) in [4.78, 5) is 10.8. The number of aliphatic carboxylic acids is 1. The van der Waals surface area contributed by atoms with Gasteiger partial charge in [0.05, 0.1) is 0 Å². The molecule has 0 aliphatic heterocycles. The molecule has 1 aliphatic carbocycles. The molecular weight excluding hydrogens is 228 g/mol. The maximum atomic E-state index is 10.8. The summed E-state index contributed by atoms with van der Waals surface area (Å²) in [6.45, 7) is 0. The Bertz CT molecular complexity index is 631. The second kappa shape index (κ2) is 3.96. The molecule has 1 unspecified atom stereocenters. The molecule has 0 radical (unpaired) electrons. The number of carboxylic acids is 1. The van der Waals surface area contributed by atoms with Crippen LogP contribution in [0.4, 0.5) is 0 Å². The van der Waals surface area contributed by atoms with Gasteiger partial charge in [0.2, 0.25) is 0 Å². The molecule has 0 bridgehead atoms. The van der Waals surface area contributed by atoms with E-state index < -0.39 is 12.1 Å². The van der Waals surface area contributed by atoms with Gasteiger partial charge in [-0.2, -0.15) is 0 Å². The number of carboxylic acid groups (broad SMARTS) is 1.